The largest absolute Gasteiger partial charge is 0.419 e. The Hall–Kier alpha value is -1.89. The van der Waals surface area contributed by atoms with E-state index in [0.29, 0.717) is 16.2 Å². The van der Waals surface area contributed by atoms with Crippen LogP contribution < -0.4 is 5.32 Å². The molecule has 2 aromatic carbocycles. The monoisotopic (exact) mass is 361 g/mol. The lowest BCUT2D eigenvalue weighted by molar-refractivity contribution is -0.140. The minimum atomic E-state index is -4.85. The Morgan fingerprint density at radius 1 is 1.05 bits per heavy atom. The van der Waals surface area contributed by atoms with E-state index in [9.17, 15) is 22.4 Å². The molecule has 110 valence electrons. The minimum absolute atomic E-state index is 0.333. The third-order valence-corrected chi connectivity index (χ3v) is 3.36. The molecule has 0 fully saturated rings. The highest BCUT2D eigenvalue weighted by molar-refractivity contribution is 9.10. The lowest BCUT2D eigenvalue weighted by Crippen LogP contribution is -2.17. The van der Waals surface area contributed by atoms with E-state index in [4.69, 9.17) is 0 Å². The third kappa shape index (κ3) is 3.41. The second-order valence-corrected chi connectivity index (χ2v) is 4.95. The molecule has 1 amide bonds. The molecule has 21 heavy (non-hydrogen) atoms. The Balaban J connectivity index is 2.35. The standard InChI is InChI=1S/C14H8BrF4NO/c15-10-6-1-2-7-11(10)20-13(21)8-4-3-5-9(12(8)16)14(17,18)19/h1-7H,(H,20,21). The molecule has 0 saturated heterocycles. The van der Waals surface area contributed by atoms with E-state index in [-0.39, 0.29) is 0 Å². The van der Waals surface area contributed by atoms with Crippen LogP contribution in [-0.2, 0) is 6.18 Å². The van der Waals surface area contributed by atoms with E-state index in [2.05, 4.69) is 21.2 Å². The van der Waals surface area contributed by atoms with Crippen molar-refractivity contribution in [2.45, 2.75) is 6.18 Å². The maximum absolute atomic E-state index is 13.8. The van der Waals surface area contributed by atoms with Crippen LogP contribution in [-0.4, -0.2) is 5.91 Å². The SMILES string of the molecule is O=C(Nc1ccccc1Br)c1cccc(C(F)(F)F)c1F. The van der Waals surface area contributed by atoms with Gasteiger partial charge in [-0.15, -0.1) is 0 Å². The highest BCUT2D eigenvalue weighted by Gasteiger charge is 2.35. The van der Waals surface area contributed by atoms with Gasteiger partial charge in [-0.05, 0) is 40.2 Å². The molecule has 0 unspecified atom stereocenters. The molecular formula is C14H8BrF4NO. The fourth-order valence-electron chi connectivity index (χ4n) is 1.68. The van der Waals surface area contributed by atoms with Crippen LogP contribution in [0.5, 0.6) is 0 Å². The van der Waals surface area contributed by atoms with E-state index >= 15 is 0 Å². The Bertz CT molecular complexity index is 685. The zero-order chi connectivity index (χ0) is 15.6. The summed E-state index contributed by atoms with van der Waals surface area (Å²) < 4.78 is 52.2. The second-order valence-electron chi connectivity index (χ2n) is 4.10. The third-order valence-electron chi connectivity index (χ3n) is 2.67. The number of benzene rings is 2. The van der Waals surface area contributed by atoms with Crippen LogP contribution in [0.25, 0.3) is 0 Å². The molecule has 2 nitrogen and oxygen atoms in total. The van der Waals surface area contributed by atoms with Gasteiger partial charge in [0.1, 0.15) is 5.82 Å². The Labute approximate surface area is 125 Å². The molecule has 0 spiro atoms. The Morgan fingerprint density at radius 2 is 1.71 bits per heavy atom. The average Bonchev–Trinajstić information content (AvgIpc) is 2.40. The first kappa shape index (κ1) is 15.5. The number of carbonyl (C=O) groups is 1. The van der Waals surface area contributed by atoms with Crippen molar-refractivity contribution >= 4 is 27.5 Å². The molecule has 0 saturated carbocycles. The molecule has 2 rings (SSSR count). The summed E-state index contributed by atoms with van der Waals surface area (Å²) in [7, 11) is 0. The Morgan fingerprint density at radius 3 is 2.33 bits per heavy atom. The first-order chi connectivity index (χ1) is 9.80. The fraction of sp³-hybridized carbons (Fsp3) is 0.0714. The second kappa shape index (κ2) is 5.85. The zero-order valence-electron chi connectivity index (χ0n) is 10.3. The van der Waals surface area contributed by atoms with Crippen molar-refractivity contribution in [2.75, 3.05) is 5.32 Å². The average molecular weight is 362 g/mol. The van der Waals surface area contributed by atoms with Crippen LogP contribution in [0.1, 0.15) is 15.9 Å². The summed E-state index contributed by atoms with van der Waals surface area (Å²) in [5.74, 6) is -2.54. The fourth-order valence-corrected chi connectivity index (χ4v) is 2.06. The quantitative estimate of drug-likeness (QED) is 0.760. The summed E-state index contributed by atoms with van der Waals surface area (Å²) in [6, 6.07) is 9.07. The molecule has 0 bridgehead atoms. The molecule has 0 radical (unpaired) electrons. The first-order valence-electron chi connectivity index (χ1n) is 5.72. The number of amides is 1. The van der Waals surface area contributed by atoms with Crippen molar-refractivity contribution < 1.29 is 22.4 Å². The molecule has 0 aromatic heterocycles. The molecule has 0 aliphatic carbocycles. The number of hydrogen-bond acceptors (Lipinski definition) is 1. The predicted octanol–water partition coefficient (Wildman–Crippen LogP) is 4.86. The first-order valence-corrected chi connectivity index (χ1v) is 6.51. The zero-order valence-corrected chi connectivity index (χ0v) is 11.9. The number of nitrogens with one attached hydrogen (secondary N) is 1. The van der Waals surface area contributed by atoms with Crippen molar-refractivity contribution in [3.63, 3.8) is 0 Å². The van der Waals surface area contributed by atoms with Crippen molar-refractivity contribution in [3.05, 3.63) is 63.9 Å². The van der Waals surface area contributed by atoms with E-state index in [1.165, 1.54) is 6.07 Å². The number of hydrogen-bond donors (Lipinski definition) is 1. The molecule has 0 aliphatic heterocycles. The van der Waals surface area contributed by atoms with Gasteiger partial charge in [0, 0.05) is 4.47 Å². The van der Waals surface area contributed by atoms with Crippen molar-refractivity contribution in [1.29, 1.82) is 0 Å². The molecular weight excluding hydrogens is 354 g/mol. The molecule has 1 N–H and O–H groups in total. The van der Waals surface area contributed by atoms with E-state index in [0.717, 1.165) is 12.1 Å². The lowest BCUT2D eigenvalue weighted by Gasteiger charge is -2.12. The van der Waals surface area contributed by atoms with Crippen LogP contribution >= 0.6 is 15.9 Å². The van der Waals surface area contributed by atoms with Gasteiger partial charge < -0.3 is 5.32 Å². The molecule has 0 atom stereocenters. The van der Waals surface area contributed by atoms with E-state index < -0.39 is 29.0 Å². The number of halogens is 5. The van der Waals surface area contributed by atoms with Gasteiger partial charge in [-0.3, -0.25) is 4.79 Å². The summed E-state index contributed by atoms with van der Waals surface area (Å²) in [6.45, 7) is 0. The molecule has 7 heteroatoms. The normalized spacial score (nSPS) is 11.3. The van der Waals surface area contributed by atoms with Crippen LogP contribution in [0.4, 0.5) is 23.2 Å². The van der Waals surface area contributed by atoms with Gasteiger partial charge in [-0.25, -0.2) is 4.39 Å². The topological polar surface area (TPSA) is 29.1 Å². The maximum atomic E-state index is 13.8. The van der Waals surface area contributed by atoms with Crippen LogP contribution in [0.3, 0.4) is 0 Å². The van der Waals surface area contributed by atoms with E-state index in [1.807, 2.05) is 0 Å². The number of alkyl halides is 3. The highest BCUT2D eigenvalue weighted by Crippen LogP contribution is 2.32. The predicted molar refractivity (Wildman–Crippen MR) is 73.5 cm³/mol. The van der Waals surface area contributed by atoms with Crippen LogP contribution in [0, 0.1) is 5.82 Å². The van der Waals surface area contributed by atoms with Crippen molar-refractivity contribution in [1.82, 2.24) is 0 Å². The molecule has 0 heterocycles. The Kier molecular flexibility index (Phi) is 4.32. The summed E-state index contributed by atoms with van der Waals surface area (Å²) in [5.41, 5.74) is -1.80. The van der Waals surface area contributed by atoms with Gasteiger partial charge in [-0.2, -0.15) is 13.2 Å². The summed E-state index contributed by atoms with van der Waals surface area (Å²) in [6.07, 6.45) is -4.85. The number of anilines is 1. The summed E-state index contributed by atoms with van der Waals surface area (Å²) in [4.78, 5) is 11.9. The minimum Gasteiger partial charge on any atom is -0.321 e. The van der Waals surface area contributed by atoms with Gasteiger partial charge in [0.05, 0.1) is 16.8 Å². The number of para-hydroxylation sites is 1. The van der Waals surface area contributed by atoms with Gasteiger partial charge in [-0.1, -0.05) is 18.2 Å². The van der Waals surface area contributed by atoms with Crippen molar-refractivity contribution in [2.24, 2.45) is 0 Å². The number of carbonyl (C=O) groups excluding carboxylic acids is 1. The van der Waals surface area contributed by atoms with Gasteiger partial charge in [0.2, 0.25) is 0 Å². The van der Waals surface area contributed by atoms with Gasteiger partial charge >= 0.3 is 6.18 Å². The number of rotatable bonds is 2. The summed E-state index contributed by atoms with van der Waals surface area (Å²) >= 11 is 3.17. The van der Waals surface area contributed by atoms with Gasteiger partial charge in [0.15, 0.2) is 0 Å². The molecule has 0 aliphatic rings. The van der Waals surface area contributed by atoms with E-state index in [1.54, 1.807) is 18.2 Å². The smallest absolute Gasteiger partial charge is 0.321 e. The van der Waals surface area contributed by atoms with Gasteiger partial charge in [0.25, 0.3) is 5.91 Å². The van der Waals surface area contributed by atoms with Crippen LogP contribution in [0.15, 0.2) is 46.9 Å². The lowest BCUT2D eigenvalue weighted by atomic mass is 10.1. The van der Waals surface area contributed by atoms with Crippen molar-refractivity contribution in [3.8, 4) is 0 Å². The highest BCUT2D eigenvalue weighted by atomic mass is 79.9. The maximum Gasteiger partial charge on any atom is 0.419 e. The molecule has 2 aromatic rings. The van der Waals surface area contributed by atoms with Crippen LogP contribution in [0.2, 0.25) is 0 Å². The summed E-state index contributed by atoms with van der Waals surface area (Å²) in [5, 5.41) is 2.35.